The Labute approximate surface area is 178 Å². The number of aliphatic hydroxyl groups is 1. The van der Waals surface area contributed by atoms with Gasteiger partial charge in [0.05, 0.1) is 24.3 Å². The van der Waals surface area contributed by atoms with Gasteiger partial charge in [0, 0.05) is 11.5 Å². The lowest BCUT2D eigenvalue weighted by Gasteiger charge is -2.56. The second-order valence-electron chi connectivity index (χ2n) is 10.9. The van der Waals surface area contributed by atoms with E-state index in [4.69, 9.17) is 4.74 Å². The van der Waals surface area contributed by atoms with Gasteiger partial charge in [-0.1, -0.05) is 0 Å². The van der Waals surface area contributed by atoms with E-state index in [-0.39, 0.29) is 11.0 Å². The predicted octanol–water partition coefficient (Wildman–Crippen LogP) is 4.80. The number of ether oxygens (including phenoxy) is 1. The van der Waals surface area contributed by atoms with Crippen LogP contribution in [0, 0.1) is 29.0 Å². The standard InChI is InChI=1S/C25H34FNO3/c1-14(15(2)28)27-24(29)21-8-20(19-3-4-19)23(9-22(21)26)30-13-25-10-16-5-17(11-25)7-18(6-16)12-25/h8-9,14-19,28H,3-7,10-13H2,1-2H3,(H,27,29). The molecule has 6 rings (SSSR count). The first-order valence-corrected chi connectivity index (χ1v) is 11.8. The van der Waals surface area contributed by atoms with E-state index in [2.05, 4.69) is 5.32 Å². The van der Waals surface area contributed by atoms with Crippen molar-refractivity contribution in [3.63, 3.8) is 0 Å². The molecule has 0 saturated heterocycles. The van der Waals surface area contributed by atoms with Crippen LogP contribution < -0.4 is 10.1 Å². The molecule has 0 aliphatic heterocycles. The number of aliphatic hydroxyl groups excluding tert-OH is 1. The minimum atomic E-state index is -0.692. The molecule has 5 fully saturated rings. The molecule has 1 aromatic carbocycles. The van der Waals surface area contributed by atoms with Gasteiger partial charge >= 0.3 is 0 Å². The summed E-state index contributed by atoms with van der Waals surface area (Å²) in [7, 11) is 0. The molecule has 2 atom stereocenters. The number of rotatable bonds is 7. The van der Waals surface area contributed by atoms with Crippen LogP contribution in [-0.4, -0.2) is 29.8 Å². The average Bonchev–Trinajstić information content (AvgIpc) is 3.50. The van der Waals surface area contributed by atoms with Crippen LogP contribution in [0.4, 0.5) is 4.39 Å². The van der Waals surface area contributed by atoms with Crippen LogP contribution in [0.15, 0.2) is 12.1 Å². The first kappa shape index (κ1) is 20.3. The summed E-state index contributed by atoms with van der Waals surface area (Å²) in [5, 5.41) is 12.3. The maximum absolute atomic E-state index is 14.9. The molecule has 164 valence electrons. The molecule has 0 radical (unpaired) electrons. The van der Waals surface area contributed by atoms with Gasteiger partial charge in [-0.05, 0) is 101 Å². The van der Waals surface area contributed by atoms with Gasteiger partial charge < -0.3 is 15.2 Å². The number of hydrogen-bond donors (Lipinski definition) is 2. The number of halogens is 1. The molecule has 4 bridgehead atoms. The Morgan fingerprint density at radius 3 is 2.30 bits per heavy atom. The minimum absolute atomic E-state index is 0.0477. The van der Waals surface area contributed by atoms with Crippen LogP contribution in [0.25, 0.3) is 0 Å². The molecule has 2 unspecified atom stereocenters. The zero-order valence-corrected chi connectivity index (χ0v) is 18.1. The normalized spacial score (nSPS) is 33.9. The van der Waals surface area contributed by atoms with Crippen LogP contribution in [-0.2, 0) is 0 Å². The van der Waals surface area contributed by atoms with Crippen molar-refractivity contribution in [2.75, 3.05) is 6.61 Å². The third-order valence-electron chi connectivity index (χ3n) is 8.14. The summed E-state index contributed by atoms with van der Waals surface area (Å²) >= 11 is 0. The number of amides is 1. The molecule has 4 nitrogen and oxygen atoms in total. The van der Waals surface area contributed by atoms with Crippen molar-refractivity contribution >= 4 is 5.91 Å². The summed E-state index contributed by atoms with van der Waals surface area (Å²) in [6, 6.07) is 2.68. The second kappa shape index (κ2) is 7.51. The lowest BCUT2D eigenvalue weighted by Crippen LogP contribution is -2.48. The lowest BCUT2D eigenvalue weighted by atomic mass is 9.50. The van der Waals surface area contributed by atoms with Gasteiger partial charge in [-0.25, -0.2) is 4.39 Å². The molecule has 1 aromatic rings. The maximum atomic E-state index is 14.9. The van der Waals surface area contributed by atoms with Gasteiger partial charge in [-0.15, -0.1) is 0 Å². The first-order chi connectivity index (χ1) is 14.3. The lowest BCUT2D eigenvalue weighted by molar-refractivity contribution is -0.0747. The quantitative estimate of drug-likeness (QED) is 0.673. The van der Waals surface area contributed by atoms with Gasteiger partial charge in [0.1, 0.15) is 11.6 Å². The summed E-state index contributed by atoms with van der Waals surface area (Å²) < 4.78 is 21.2. The summed E-state index contributed by atoms with van der Waals surface area (Å²) in [6.45, 7) is 4.00. The predicted molar refractivity (Wildman–Crippen MR) is 113 cm³/mol. The molecule has 0 heterocycles. The van der Waals surface area contributed by atoms with Crippen LogP contribution in [0.5, 0.6) is 5.75 Å². The highest BCUT2D eigenvalue weighted by molar-refractivity contribution is 5.95. The first-order valence-electron chi connectivity index (χ1n) is 11.8. The number of carbonyl (C=O) groups is 1. The van der Waals surface area contributed by atoms with Gasteiger partial charge in [0.25, 0.3) is 5.91 Å². The Hall–Kier alpha value is -1.62. The van der Waals surface area contributed by atoms with E-state index in [0.717, 1.165) is 36.2 Å². The van der Waals surface area contributed by atoms with Crippen molar-refractivity contribution in [2.24, 2.45) is 23.2 Å². The molecule has 5 saturated carbocycles. The molecule has 5 aliphatic rings. The van der Waals surface area contributed by atoms with Crippen molar-refractivity contribution in [2.45, 2.75) is 83.3 Å². The summed E-state index contributed by atoms with van der Waals surface area (Å²) in [6.07, 6.45) is 9.41. The highest BCUT2D eigenvalue weighted by Gasteiger charge is 2.51. The average molecular weight is 416 g/mol. The molecule has 0 aromatic heterocycles. The number of benzene rings is 1. The zero-order valence-electron chi connectivity index (χ0n) is 18.1. The topological polar surface area (TPSA) is 58.6 Å². The van der Waals surface area contributed by atoms with Crippen molar-refractivity contribution < 1.29 is 19.0 Å². The van der Waals surface area contributed by atoms with Gasteiger partial charge in [-0.2, -0.15) is 0 Å². The van der Waals surface area contributed by atoms with Crippen LogP contribution in [0.2, 0.25) is 0 Å². The largest absolute Gasteiger partial charge is 0.493 e. The molecular weight excluding hydrogens is 381 g/mol. The smallest absolute Gasteiger partial charge is 0.254 e. The monoisotopic (exact) mass is 415 g/mol. The van der Waals surface area contributed by atoms with E-state index >= 15 is 0 Å². The van der Waals surface area contributed by atoms with Crippen molar-refractivity contribution in [3.05, 3.63) is 29.1 Å². The zero-order chi connectivity index (χ0) is 21.0. The van der Waals surface area contributed by atoms with Crippen molar-refractivity contribution in [1.29, 1.82) is 0 Å². The minimum Gasteiger partial charge on any atom is -0.493 e. The molecule has 5 heteroatoms. The van der Waals surface area contributed by atoms with E-state index in [9.17, 15) is 14.3 Å². The van der Waals surface area contributed by atoms with Crippen molar-refractivity contribution in [3.8, 4) is 5.75 Å². The van der Waals surface area contributed by atoms with E-state index in [1.54, 1.807) is 19.9 Å². The number of hydrogen-bond acceptors (Lipinski definition) is 3. The Bertz CT molecular complexity index is 797. The Balaban J connectivity index is 1.34. The second-order valence-corrected chi connectivity index (χ2v) is 10.9. The maximum Gasteiger partial charge on any atom is 0.254 e. The van der Waals surface area contributed by atoms with Gasteiger partial charge in [0.2, 0.25) is 0 Å². The molecule has 0 spiro atoms. The van der Waals surface area contributed by atoms with Gasteiger partial charge in [0.15, 0.2) is 0 Å². The fourth-order valence-electron chi connectivity index (χ4n) is 6.69. The van der Waals surface area contributed by atoms with E-state index in [1.165, 1.54) is 44.6 Å². The number of carbonyl (C=O) groups excluding carboxylic acids is 1. The third-order valence-corrected chi connectivity index (χ3v) is 8.14. The van der Waals surface area contributed by atoms with E-state index in [1.807, 2.05) is 0 Å². The molecular formula is C25H34FNO3. The van der Waals surface area contributed by atoms with Crippen LogP contribution in [0.3, 0.4) is 0 Å². The fraction of sp³-hybridized carbons (Fsp3) is 0.720. The summed E-state index contributed by atoms with van der Waals surface area (Å²) in [5.41, 5.74) is 1.29. The molecule has 5 aliphatic carbocycles. The van der Waals surface area contributed by atoms with Gasteiger partial charge in [-0.3, -0.25) is 4.79 Å². The highest BCUT2D eigenvalue weighted by atomic mass is 19.1. The summed E-state index contributed by atoms with van der Waals surface area (Å²) in [5.74, 6) is 2.55. The highest BCUT2D eigenvalue weighted by Crippen LogP contribution is 2.60. The molecule has 2 N–H and O–H groups in total. The Kier molecular flexibility index (Phi) is 5.08. The SMILES string of the molecule is CC(O)C(C)NC(=O)c1cc(C2CC2)c(OCC23CC4CC(CC(C4)C2)C3)cc1F. The molecule has 30 heavy (non-hydrogen) atoms. The Morgan fingerprint density at radius 2 is 1.77 bits per heavy atom. The van der Waals surface area contributed by atoms with Crippen LogP contribution in [0.1, 0.15) is 87.1 Å². The number of nitrogens with one attached hydrogen (secondary N) is 1. The van der Waals surface area contributed by atoms with E-state index < -0.39 is 23.9 Å². The Morgan fingerprint density at radius 1 is 1.17 bits per heavy atom. The van der Waals surface area contributed by atoms with Crippen molar-refractivity contribution in [1.82, 2.24) is 5.32 Å². The third kappa shape index (κ3) is 3.86. The van der Waals surface area contributed by atoms with E-state index in [0.29, 0.717) is 18.3 Å². The fourth-order valence-corrected chi connectivity index (χ4v) is 6.69. The van der Waals surface area contributed by atoms with Crippen LogP contribution >= 0.6 is 0 Å². The summed E-state index contributed by atoms with van der Waals surface area (Å²) in [4.78, 5) is 12.6. The molecule has 1 amide bonds.